The third-order valence-electron chi connectivity index (χ3n) is 4.13. The summed E-state index contributed by atoms with van der Waals surface area (Å²) in [5, 5.41) is 16.8. The van der Waals surface area contributed by atoms with Crippen molar-refractivity contribution in [2.45, 2.75) is 6.92 Å². The van der Waals surface area contributed by atoms with Gasteiger partial charge in [-0.2, -0.15) is 5.10 Å². The van der Waals surface area contributed by atoms with E-state index >= 15 is 0 Å². The quantitative estimate of drug-likeness (QED) is 0.433. The highest BCUT2D eigenvalue weighted by Crippen LogP contribution is 2.19. The lowest BCUT2D eigenvalue weighted by Crippen LogP contribution is -2.18. The number of phenolic OH excluding ortho intramolecular Hbond substituents is 1. The maximum absolute atomic E-state index is 12.4. The second kappa shape index (κ2) is 9.03. The zero-order valence-electron chi connectivity index (χ0n) is 15.5. The first kappa shape index (κ1) is 20.1. The fraction of sp³-hybridized carbons (Fsp3) is 0.0455. The number of rotatable bonds is 5. The van der Waals surface area contributed by atoms with Gasteiger partial charge in [-0.15, -0.1) is 0 Å². The van der Waals surface area contributed by atoms with Gasteiger partial charge < -0.3 is 10.4 Å². The van der Waals surface area contributed by atoms with E-state index in [2.05, 4.69) is 15.8 Å². The van der Waals surface area contributed by atoms with Crippen LogP contribution in [-0.2, 0) is 0 Å². The van der Waals surface area contributed by atoms with E-state index in [9.17, 15) is 14.7 Å². The summed E-state index contributed by atoms with van der Waals surface area (Å²) in [6.45, 7) is 1.86. The van der Waals surface area contributed by atoms with E-state index in [-0.39, 0.29) is 11.7 Å². The third-order valence-corrected chi connectivity index (χ3v) is 4.37. The number of nitrogens with one attached hydrogen (secondary N) is 2. The molecule has 29 heavy (non-hydrogen) atoms. The minimum Gasteiger partial charge on any atom is -0.507 e. The first-order valence-electron chi connectivity index (χ1n) is 8.73. The molecule has 0 saturated heterocycles. The van der Waals surface area contributed by atoms with Gasteiger partial charge in [-0.1, -0.05) is 35.9 Å². The predicted octanol–water partition coefficient (Wildman–Crippen LogP) is 4.37. The number of aromatic hydroxyl groups is 1. The third kappa shape index (κ3) is 5.21. The van der Waals surface area contributed by atoms with Gasteiger partial charge in [0, 0.05) is 27.4 Å². The molecule has 3 aromatic carbocycles. The van der Waals surface area contributed by atoms with Crippen molar-refractivity contribution in [3.05, 3.63) is 94.0 Å². The van der Waals surface area contributed by atoms with Crippen molar-refractivity contribution >= 4 is 35.3 Å². The first-order chi connectivity index (χ1) is 13.9. The molecule has 3 aromatic rings. The van der Waals surface area contributed by atoms with E-state index < -0.39 is 5.91 Å². The highest BCUT2D eigenvalue weighted by atomic mass is 35.5. The van der Waals surface area contributed by atoms with Crippen LogP contribution < -0.4 is 10.7 Å². The topological polar surface area (TPSA) is 90.8 Å². The molecule has 0 atom stereocenters. The van der Waals surface area contributed by atoms with Crippen molar-refractivity contribution in [2.75, 3.05) is 5.32 Å². The van der Waals surface area contributed by atoms with Crippen LogP contribution in [0, 0.1) is 6.92 Å². The van der Waals surface area contributed by atoms with Crippen molar-refractivity contribution in [1.82, 2.24) is 5.43 Å². The van der Waals surface area contributed by atoms with Crippen molar-refractivity contribution in [3.8, 4) is 5.75 Å². The standard InChI is InChI=1S/C22H18ClN3O3/c1-14-5-2-3-8-19(14)22(29)25-18-7-4-6-15(12-18)21(28)26-24-13-16-11-17(23)9-10-20(16)27/h2-13,27H,1H3,(H,25,29)(H,26,28)/b24-13-. The Balaban J connectivity index is 1.68. The van der Waals surface area contributed by atoms with Crippen LogP contribution in [0.5, 0.6) is 5.75 Å². The second-order valence-corrected chi connectivity index (χ2v) is 6.69. The lowest BCUT2D eigenvalue weighted by Gasteiger charge is -2.08. The maximum Gasteiger partial charge on any atom is 0.271 e. The van der Waals surface area contributed by atoms with Crippen LogP contribution in [0.1, 0.15) is 31.8 Å². The van der Waals surface area contributed by atoms with Crippen LogP contribution in [0.25, 0.3) is 0 Å². The normalized spacial score (nSPS) is 10.7. The van der Waals surface area contributed by atoms with Crippen LogP contribution in [0.2, 0.25) is 5.02 Å². The van der Waals surface area contributed by atoms with Gasteiger partial charge in [-0.25, -0.2) is 5.43 Å². The smallest absolute Gasteiger partial charge is 0.271 e. The molecular formula is C22H18ClN3O3. The molecule has 3 rings (SSSR count). The molecule has 0 heterocycles. The Kier molecular flexibility index (Phi) is 6.26. The number of benzene rings is 3. The number of amides is 2. The molecule has 3 N–H and O–H groups in total. The Labute approximate surface area is 172 Å². The Bertz CT molecular complexity index is 1100. The van der Waals surface area contributed by atoms with Gasteiger partial charge in [0.1, 0.15) is 5.75 Å². The molecule has 7 heteroatoms. The zero-order chi connectivity index (χ0) is 20.8. The number of halogens is 1. The van der Waals surface area contributed by atoms with Gasteiger partial charge >= 0.3 is 0 Å². The van der Waals surface area contributed by atoms with Crippen LogP contribution in [0.4, 0.5) is 5.69 Å². The average molecular weight is 408 g/mol. The monoisotopic (exact) mass is 407 g/mol. The lowest BCUT2D eigenvalue weighted by atomic mass is 10.1. The Morgan fingerprint density at radius 1 is 1.00 bits per heavy atom. The molecule has 0 fully saturated rings. The van der Waals surface area contributed by atoms with E-state index in [0.29, 0.717) is 27.4 Å². The molecule has 2 amide bonds. The molecule has 0 aliphatic carbocycles. The summed E-state index contributed by atoms with van der Waals surface area (Å²) in [5.74, 6) is -0.724. The summed E-state index contributed by atoms with van der Waals surface area (Å²) < 4.78 is 0. The minimum absolute atomic E-state index is 0.00619. The Hall–Kier alpha value is -3.64. The van der Waals surface area contributed by atoms with E-state index in [1.165, 1.54) is 18.3 Å². The number of hydrazone groups is 1. The van der Waals surface area contributed by atoms with Crippen molar-refractivity contribution in [1.29, 1.82) is 0 Å². The summed E-state index contributed by atoms with van der Waals surface area (Å²) in [7, 11) is 0. The van der Waals surface area contributed by atoms with Crippen LogP contribution in [-0.4, -0.2) is 23.1 Å². The van der Waals surface area contributed by atoms with Crippen molar-refractivity contribution in [3.63, 3.8) is 0 Å². The summed E-state index contributed by atoms with van der Waals surface area (Å²) in [6.07, 6.45) is 1.29. The fourth-order valence-corrected chi connectivity index (χ4v) is 2.80. The van der Waals surface area contributed by atoms with E-state index in [4.69, 9.17) is 11.6 Å². The summed E-state index contributed by atoms with van der Waals surface area (Å²) in [5.41, 5.74) is 4.98. The van der Waals surface area contributed by atoms with Gasteiger partial charge in [-0.3, -0.25) is 9.59 Å². The number of hydrogen-bond acceptors (Lipinski definition) is 4. The Morgan fingerprint density at radius 2 is 1.79 bits per heavy atom. The van der Waals surface area contributed by atoms with Crippen molar-refractivity contribution < 1.29 is 14.7 Å². The maximum atomic E-state index is 12.4. The number of aryl methyl sites for hydroxylation is 1. The molecule has 0 unspecified atom stereocenters. The summed E-state index contributed by atoms with van der Waals surface area (Å²) in [4.78, 5) is 24.8. The van der Waals surface area contributed by atoms with E-state index in [1.54, 1.807) is 42.5 Å². The second-order valence-electron chi connectivity index (χ2n) is 6.25. The molecule has 0 aliphatic rings. The summed E-state index contributed by atoms with van der Waals surface area (Å²) in [6, 6.07) is 18.3. The van der Waals surface area contributed by atoms with Gasteiger partial charge in [0.2, 0.25) is 0 Å². The molecule has 0 saturated carbocycles. The molecule has 0 bridgehead atoms. The van der Waals surface area contributed by atoms with Crippen LogP contribution in [0.15, 0.2) is 71.8 Å². The molecule has 0 spiro atoms. The predicted molar refractivity (Wildman–Crippen MR) is 114 cm³/mol. The number of nitrogens with zero attached hydrogens (tertiary/aromatic N) is 1. The van der Waals surface area contributed by atoms with Gasteiger partial charge in [0.15, 0.2) is 0 Å². The number of hydrogen-bond donors (Lipinski definition) is 3. The fourth-order valence-electron chi connectivity index (χ4n) is 2.62. The highest BCUT2D eigenvalue weighted by Gasteiger charge is 2.10. The highest BCUT2D eigenvalue weighted by molar-refractivity contribution is 6.30. The SMILES string of the molecule is Cc1ccccc1C(=O)Nc1cccc(C(=O)N/N=C\c2cc(Cl)ccc2O)c1. The first-order valence-corrected chi connectivity index (χ1v) is 9.11. The molecular weight excluding hydrogens is 390 g/mol. The lowest BCUT2D eigenvalue weighted by molar-refractivity contribution is 0.0953. The number of phenols is 1. The molecule has 0 aliphatic heterocycles. The number of anilines is 1. The number of carbonyl (C=O) groups excluding carboxylic acids is 2. The van der Waals surface area contributed by atoms with E-state index in [0.717, 1.165) is 5.56 Å². The molecule has 6 nitrogen and oxygen atoms in total. The number of carbonyl (C=O) groups is 2. The van der Waals surface area contributed by atoms with E-state index in [1.807, 2.05) is 19.1 Å². The largest absolute Gasteiger partial charge is 0.507 e. The average Bonchev–Trinajstić information content (AvgIpc) is 2.71. The van der Waals surface area contributed by atoms with Crippen molar-refractivity contribution in [2.24, 2.45) is 5.10 Å². The minimum atomic E-state index is -0.463. The summed E-state index contributed by atoms with van der Waals surface area (Å²) >= 11 is 5.87. The van der Waals surface area contributed by atoms with Crippen LogP contribution in [0.3, 0.4) is 0 Å². The van der Waals surface area contributed by atoms with Crippen LogP contribution >= 0.6 is 11.6 Å². The molecule has 0 aromatic heterocycles. The Morgan fingerprint density at radius 3 is 2.59 bits per heavy atom. The van der Waals surface area contributed by atoms with Gasteiger partial charge in [0.25, 0.3) is 11.8 Å². The van der Waals surface area contributed by atoms with Gasteiger partial charge in [0.05, 0.1) is 6.21 Å². The molecule has 146 valence electrons. The zero-order valence-corrected chi connectivity index (χ0v) is 16.3. The van der Waals surface area contributed by atoms with Gasteiger partial charge in [-0.05, 0) is 55.0 Å². The molecule has 0 radical (unpaired) electrons.